The largest absolute Gasteiger partial charge is 0.460 e. The molecule has 328 valence electrons. The van der Waals surface area contributed by atoms with Gasteiger partial charge in [0.2, 0.25) is 0 Å². The van der Waals surface area contributed by atoms with E-state index < -0.39 is 27.9 Å². The molecule has 4 saturated carbocycles. The Morgan fingerprint density at radius 2 is 1.69 bits per heavy atom. The van der Waals surface area contributed by atoms with Crippen molar-refractivity contribution >= 4 is 15.8 Å². The summed E-state index contributed by atoms with van der Waals surface area (Å²) in [4.78, 5) is 15.8. The van der Waals surface area contributed by atoms with E-state index in [2.05, 4.69) is 70.5 Å². The summed E-state index contributed by atoms with van der Waals surface area (Å²) in [6.07, 6.45) is 18.2. The van der Waals surface area contributed by atoms with Crippen molar-refractivity contribution in [2.24, 2.45) is 56.7 Å². The highest BCUT2D eigenvalue weighted by Crippen LogP contribution is 2.76. The van der Waals surface area contributed by atoms with Crippen LogP contribution >= 0.6 is 0 Å². The van der Waals surface area contributed by atoms with Crippen LogP contribution in [0.5, 0.6) is 0 Å². The summed E-state index contributed by atoms with van der Waals surface area (Å²) in [6, 6.07) is 9.67. The zero-order chi connectivity index (χ0) is 42.1. The van der Waals surface area contributed by atoms with E-state index in [0.29, 0.717) is 66.9 Å². The lowest BCUT2D eigenvalue weighted by Gasteiger charge is -2.72. The predicted molar refractivity (Wildman–Crippen MR) is 239 cm³/mol. The Labute approximate surface area is 358 Å². The SMILES string of the molecule is C=C(C)[C@@H]1CC[C@]2(NCCN3CCCS(=O)(=O)CC3)CC[C@]3(C)[C@H](CC[C@@H]4[C@@]5(C)CC=C(C6=CC[C@](CF)(C(=O)OCc7ccccc7)CC6)C(C)(C)[C@@H]5CC[C@]43C)[C@@H]12.[HH]. The number of fused-ring (bicyclic) bond motifs is 7. The molecule has 1 heterocycles. The summed E-state index contributed by atoms with van der Waals surface area (Å²) in [6.45, 7) is 22.8. The summed E-state index contributed by atoms with van der Waals surface area (Å²) >= 11 is 0. The van der Waals surface area contributed by atoms with Crippen molar-refractivity contribution in [2.75, 3.05) is 44.4 Å². The number of carbonyl (C=O) groups is 1. The molecule has 8 heteroatoms. The van der Waals surface area contributed by atoms with E-state index in [1.807, 2.05) is 30.3 Å². The van der Waals surface area contributed by atoms with Crippen molar-refractivity contribution in [1.29, 1.82) is 0 Å². The quantitative estimate of drug-likeness (QED) is 0.187. The van der Waals surface area contributed by atoms with Crippen LogP contribution in [0.1, 0.15) is 132 Å². The molecule has 1 aromatic rings. The zero-order valence-corrected chi connectivity index (χ0v) is 38.2. The minimum absolute atomic E-state index is 0. The molecule has 0 bridgehead atoms. The predicted octanol–water partition coefficient (Wildman–Crippen LogP) is 10.7. The topological polar surface area (TPSA) is 75.7 Å². The molecule has 1 N–H and O–H groups in total. The summed E-state index contributed by atoms with van der Waals surface area (Å²) < 4.78 is 45.1. The first-order chi connectivity index (χ1) is 27.9. The van der Waals surface area contributed by atoms with Gasteiger partial charge in [0.05, 0.1) is 16.9 Å². The zero-order valence-electron chi connectivity index (χ0n) is 37.4. The van der Waals surface area contributed by atoms with Crippen molar-refractivity contribution < 1.29 is 23.8 Å². The number of carbonyl (C=O) groups excluding carboxylic acids is 1. The fraction of sp³-hybridized carbons (Fsp3) is 0.745. The van der Waals surface area contributed by atoms with Gasteiger partial charge in [-0.05, 0) is 165 Å². The Bertz CT molecular complexity index is 1950. The lowest BCUT2D eigenvalue weighted by molar-refractivity contribution is -0.221. The monoisotopic (exact) mass is 833 g/mol. The van der Waals surface area contributed by atoms with Crippen molar-refractivity contribution in [3.63, 3.8) is 0 Å². The van der Waals surface area contributed by atoms with E-state index in [1.54, 1.807) is 0 Å². The highest BCUT2D eigenvalue weighted by Gasteiger charge is 2.70. The maximum absolute atomic E-state index is 14.8. The number of nitrogens with one attached hydrogen (secondary N) is 1. The van der Waals surface area contributed by atoms with Gasteiger partial charge < -0.3 is 15.0 Å². The standard InChI is InChI=1S/C51H75FN2O4S.H2/c1-36(2)39-18-25-51(53-28-30-54-29-11-32-59(56,57)33-31-54)27-26-48(6)41(44(39)51)14-15-43-47(5)21-19-40(46(3,4)42(47)20-22-49(43,48)7)38-16-23-50(35-52,24-17-38)45(55)58-34-37-12-9-8-10-13-37;/h8-10,12-13,16,19,39,41-44,53H,1,11,14-15,17-18,20-35H2,2-7H3;1H/t39-,41+,42-,43+,44+,47-,48+,49+,50-,51-;/m0./s1. The third-order valence-electron chi connectivity index (χ3n) is 19.1. The molecule has 7 aliphatic rings. The number of halogens is 1. The smallest absolute Gasteiger partial charge is 0.315 e. The number of hydrogen-bond acceptors (Lipinski definition) is 6. The first-order valence-corrected chi connectivity index (χ1v) is 25.3. The molecule has 1 aromatic carbocycles. The van der Waals surface area contributed by atoms with Gasteiger partial charge in [0.25, 0.3) is 0 Å². The Kier molecular flexibility index (Phi) is 11.6. The number of allylic oxidation sites excluding steroid dienone is 5. The Morgan fingerprint density at radius 1 is 0.915 bits per heavy atom. The van der Waals surface area contributed by atoms with Crippen LogP contribution in [-0.2, 0) is 26.0 Å². The molecule has 0 spiro atoms. The molecule has 0 unspecified atom stereocenters. The molecule has 0 amide bonds. The van der Waals surface area contributed by atoms with Crippen LogP contribution in [0.15, 0.2) is 65.8 Å². The lowest BCUT2D eigenvalue weighted by Crippen LogP contribution is -2.68. The van der Waals surface area contributed by atoms with Crippen molar-refractivity contribution in [1.82, 2.24) is 10.2 Å². The van der Waals surface area contributed by atoms with E-state index in [1.165, 1.54) is 68.1 Å². The van der Waals surface area contributed by atoms with Gasteiger partial charge in [-0.15, -0.1) is 0 Å². The van der Waals surface area contributed by atoms with E-state index >= 15 is 0 Å². The highest BCUT2D eigenvalue weighted by atomic mass is 32.2. The van der Waals surface area contributed by atoms with Gasteiger partial charge in [0.1, 0.15) is 13.3 Å². The Morgan fingerprint density at radius 3 is 2.41 bits per heavy atom. The Balaban J connectivity index is 0.00000544. The molecule has 0 aromatic heterocycles. The van der Waals surface area contributed by atoms with Gasteiger partial charge in [-0.25, -0.2) is 12.8 Å². The summed E-state index contributed by atoms with van der Waals surface area (Å²) in [5.41, 5.74) is 4.77. The molecule has 5 fully saturated rings. The third kappa shape index (κ3) is 7.27. The number of benzene rings is 1. The van der Waals surface area contributed by atoms with Gasteiger partial charge >= 0.3 is 5.97 Å². The van der Waals surface area contributed by atoms with Crippen LogP contribution in [0.3, 0.4) is 0 Å². The lowest BCUT2D eigenvalue weighted by atomic mass is 9.33. The summed E-state index contributed by atoms with van der Waals surface area (Å²) in [5, 5.41) is 4.24. The van der Waals surface area contributed by atoms with E-state index in [4.69, 9.17) is 4.74 Å². The fourth-order valence-electron chi connectivity index (χ4n) is 15.7. The first kappa shape index (κ1) is 43.4. The molecule has 1 saturated heterocycles. The fourth-order valence-corrected chi connectivity index (χ4v) is 17.0. The van der Waals surface area contributed by atoms with Crippen molar-refractivity contribution in [2.45, 2.75) is 137 Å². The first-order valence-electron chi connectivity index (χ1n) is 23.4. The molecular weight excluding hydrogens is 756 g/mol. The Hall–Kier alpha value is -2.29. The van der Waals surface area contributed by atoms with E-state index in [0.717, 1.165) is 38.0 Å². The summed E-state index contributed by atoms with van der Waals surface area (Å²) in [7, 11) is -2.91. The van der Waals surface area contributed by atoms with Crippen molar-refractivity contribution in [3.05, 3.63) is 71.3 Å². The summed E-state index contributed by atoms with van der Waals surface area (Å²) in [5.74, 6) is 3.21. The van der Waals surface area contributed by atoms with Crippen LogP contribution < -0.4 is 5.32 Å². The molecule has 1 aliphatic heterocycles. The molecular formula is C51H77FN2O4S. The average Bonchev–Trinajstić information content (AvgIpc) is 3.50. The van der Waals surface area contributed by atoms with Gasteiger partial charge in [-0.2, -0.15) is 0 Å². The maximum Gasteiger partial charge on any atom is 0.315 e. The second-order valence-corrected chi connectivity index (χ2v) is 24.4. The van der Waals surface area contributed by atoms with Crippen LogP contribution in [0.4, 0.5) is 4.39 Å². The number of alkyl halides is 1. The second kappa shape index (κ2) is 15.8. The van der Waals surface area contributed by atoms with Crippen molar-refractivity contribution in [3.8, 4) is 0 Å². The van der Waals surface area contributed by atoms with Crippen LogP contribution in [0, 0.1) is 56.7 Å². The van der Waals surface area contributed by atoms with E-state index in [9.17, 15) is 17.6 Å². The maximum atomic E-state index is 14.8. The number of ether oxygens (including phenoxy) is 1. The van der Waals surface area contributed by atoms with Gasteiger partial charge in [0, 0.05) is 26.6 Å². The molecule has 0 radical (unpaired) electrons. The molecule has 6 aliphatic carbocycles. The van der Waals surface area contributed by atoms with Gasteiger partial charge in [0.15, 0.2) is 9.84 Å². The average molecular weight is 833 g/mol. The normalized spacial score (nSPS) is 41.5. The number of sulfone groups is 1. The van der Waals surface area contributed by atoms with Crippen LogP contribution in [0.2, 0.25) is 0 Å². The molecule has 59 heavy (non-hydrogen) atoms. The number of esters is 1. The van der Waals surface area contributed by atoms with E-state index in [-0.39, 0.29) is 35.2 Å². The molecule has 6 nitrogen and oxygen atoms in total. The third-order valence-corrected chi connectivity index (χ3v) is 20.8. The molecule has 8 rings (SSSR count). The van der Waals surface area contributed by atoms with Gasteiger partial charge in [-0.1, -0.05) is 89.3 Å². The number of rotatable bonds is 10. The number of nitrogens with zero attached hydrogens (tertiary/aromatic N) is 1. The minimum Gasteiger partial charge on any atom is -0.460 e. The van der Waals surface area contributed by atoms with Crippen LogP contribution in [-0.4, -0.2) is 69.2 Å². The van der Waals surface area contributed by atoms with Gasteiger partial charge in [-0.3, -0.25) is 4.79 Å². The molecule has 10 atom stereocenters. The number of hydrogen-bond donors (Lipinski definition) is 1. The highest BCUT2D eigenvalue weighted by molar-refractivity contribution is 7.91. The second-order valence-electron chi connectivity index (χ2n) is 22.1. The van der Waals surface area contributed by atoms with Crippen LogP contribution in [0.25, 0.3) is 0 Å². The minimum atomic E-state index is -2.91.